The van der Waals surface area contributed by atoms with E-state index < -0.39 is 26.1 Å². The highest BCUT2D eigenvalue weighted by atomic mass is 35.7. The van der Waals surface area contributed by atoms with E-state index in [4.69, 9.17) is 16.4 Å². The normalized spacial score (nSPS) is 12.1. The maximum atomic E-state index is 12.5. The molecule has 0 aliphatic rings. The van der Waals surface area contributed by atoms with E-state index in [2.05, 4.69) is 4.98 Å². The van der Waals surface area contributed by atoms with Gasteiger partial charge < -0.3 is 5.73 Å². The van der Waals surface area contributed by atoms with Gasteiger partial charge >= 0.3 is 0 Å². The largest absolute Gasteiger partial charge is 0.398 e. The highest BCUT2D eigenvalue weighted by Gasteiger charge is 2.26. The molecule has 0 saturated heterocycles. The molecule has 0 aliphatic heterocycles. The molecule has 2 N–H and O–H groups in total. The summed E-state index contributed by atoms with van der Waals surface area (Å²) >= 11 is 0. The van der Waals surface area contributed by atoms with Gasteiger partial charge in [-0.25, -0.2) is 17.2 Å². The lowest BCUT2D eigenvalue weighted by Crippen LogP contribution is -2.07. The Balaban J connectivity index is 3.62. The highest BCUT2D eigenvalue weighted by molar-refractivity contribution is 8.13. The van der Waals surface area contributed by atoms with E-state index in [0.717, 1.165) is 0 Å². The summed E-state index contributed by atoms with van der Waals surface area (Å²) in [7, 11) is 0.663. The minimum Gasteiger partial charge on any atom is -0.398 e. The molecule has 0 fully saturated rings. The van der Waals surface area contributed by atoms with Crippen LogP contribution >= 0.6 is 10.7 Å². The number of aromatic nitrogens is 1. The van der Waals surface area contributed by atoms with Crippen LogP contribution in [0.1, 0.15) is 17.8 Å². The SMILES string of the molecule is Cc1cc(N)c(S(=O)(=O)Cl)c(C(F)F)n1. The van der Waals surface area contributed by atoms with Crippen LogP contribution < -0.4 is 5.73 Å². The molecule has 0 aromatic carbocycles. The fraction of sp³-hybridized carbons (Fsp3) is 0.286. The first kappa shape index (κ1) is 12.1. The molecule has 0 saturated carbocycles. The first-order valence-electron chi connectivity index (χ1n) is 3.73. The number of halogens is 3. The van der Waals surface area contributed by atoms with Crippen LogP contribution in [0.3, 0.4) is 0 Å². The predicted octanol–water partition coefficient (Wildman–Crippen LogP) is 1.84. The number of hydrogen-bond donors (Lipinski definition) is 1. The Morgan fingerprint density at radius 1 is 1.53 bits per heavy atom. The summed E-state index contributed by atoms with van der Waals surface area (Å²) in [6.45, 7) is 1.42. The molecule has 1 rings (SSSR count). The van der Waals surface area contributed by atoms with Crippen molar-refractivity contribution < 1.29 is 17.2 Å². The number of nitrogen functional groups attached to an aromatic ring is 1. The molecule has 0 atom stereocenters. The fourth-order valence-electron chi connectivity index (χ4n) is 1.13. The molecule has 1 aromatic rings. The van der Waals surface area contributed by atoms with Crippen molar-refractivity contribution in [1.29, 1.82) is 0 Å². The second-order valence-electron chi connectivity index (χ2n) is 2.81. The van der Waals surface area contributed by atoms with Crippen molar-refractivity contribution in [2.24, 2.45) is 0 Å². The number of nitrogens with zero attached hydrogens (tertiary/aromatic N) is 1. The smallest absolute Gasteiger partial charge is 0.281 e. The van der Waals surface area contributed by atoms with Crippen LogP contribution in [0, 0.1) is 6.92 Å². The minimum atomic E-state index is -4.32. The third kappa shape index (κ3) is 2.54. The summed E-state index contributed by atoms with van der Waals surface area (Å²) in [5.41, 5.74) is 4.27. The van der Waals surface area contributed by atoms with Crippen molar-refractivity contribution in [3.05, 3.63) is 17.5 Å². The summed E-state index contributed by atoms with van der Waals surface area (Å²) in [4.78, 5) is 2.59. The van der Waals surface area contributed by atoms with E-state index >= 15 is 0 Å². The van der Waals surface area contributed by atoms with Gasteiger partial charge in [0, 0.05) is 16.4 Å². The van der Waals surface area contributed by atoms with Crippen molar-refractivity contribution in [1.82, 2.24) is 4.98 Å². The molecule has 0 spiro atoms. The van der Waals surface area contributed by atoms with Gasteiger partial charge in [-0.3, -0.25) is 4.98 Å². The lowest BCUT2D eigenvalue weighted by Gasteiger charge is -2.08. The Kier molecular flexibility index (Phi) is 3.15. The van der Waals surface area contributed by atoms with Crippen molar-refractivity contribution in [2.75, 3.05) is 5.73 Å². The number of rotatable bonds is 2. The zero-order valence-electron chi connectivity index (χ0n) is 7.54. The van der Waals surface area contributed by atoms with Gasteiger partial charge in [-0.15, -0.1) is 0 Å². The zero-order valence-corrected chi connectivity index (χ0v) is 9.11. The molecule has 1 heterocycles. The molecular formula is C7H7ClF2N2O2S. The lowest BCUT2D eigenvalue weighted by molar-refractivity contribution is 0.142. The topological polar surface area (TPSA) is 73.1 Å². The second-order valence-corrected chi connectivity index (χ2v) is 5.31. The minimum absolute atomic E-state index is 0.201. The molecule has 0 amide bonds. The van der Waals surface area contributed by atoms with Gasteiger partial charge in [0.1, 0.15) is 10.6 Å². The Morgan fingerprint density at radius 3 is 2.47 bits per heavy atom. The molecular weight excluding hydrogens is 250 g/mol. The third-order valence-corrected chi connectivity index (χ3v) is 3.00. The standard InChI is InChI=1S/C7H7ClF2N2O2S/c1-3-2-4(11)6(15(8,13)14)5(12-3)7(9)10/h2,7H,1H3,(H2,11,12). The lowest BCUT2D eigenvalue weighted by atomic mass is 10.3. The summed E-state index contributed by atoms with van der Waals surface area (Å²) in [5.74, 6) is 0. The molecule has 15 heavy (non-hydrogen) atoms. The second kappa shape index (κ2) is 3.90. The van der Waals surface area contributed by atoms with Crippen molar-refractivity contribution >= 4 is 25.4 Å². The highest BCUT2D eigenvalue weighted by Crippen LogP contribution is 2.31. The van der Waals surface area contributed by atoms with Crippen molar-refractivity contribution in [3.63, 3.8) is 0 Å². The predicted molar refractivity (Wildman–Crippen MR) is 51.4 cm³/mol. The first-order valence-corrected chi connectivity index (χ1v) is 6.04. The molecule has 1 aromatic heterocycles. The molecule has 84 valence electrons. The van der Waals surface area contributed by atoms with Crippen LogP contribution in [0.4, 0.5) is 14.5 Å². The number of anilines is 1. The Bertz CT molecular complexity index is 490. The van der Waals surface area contributed by atoms with Crippen molar-refractivity contribution in [2.45, 2.75) is 18.2 Å². The maximum Gasteiger partial charge on any atom is 0.281 e. The summed E-state index contributed by atoms with van der Waals surface area (Å²) in [6.07, 6.45) is -3.05. The van der Waals surface area contributed by atoms with E-state index in [1.54, 1.807) is 0 Å². The van der Waals surface area contributed by atoms with Gasteiger partial charge in [0.2, 0.25) is 0 Å². The number of pyridine rings is 1. The van der Waals surface area contributed by atoms with Gasteiger partial charge in [-0.1, -0.05) is 0 Å². The van der Waals surface area contributed by atoms with Gasteiger partial charge in [0.25, 0.3) is 15.5 Å². The zero-order chi connectivity index (χ0) is 11.8. The Labute approximate surface area is 89.5 Å². The fourth-order valence-corrected chi connectivity index (χ4v) is 2.35. The quantitative estimate of drug-likeness (QED) is 0.820. The molecule has 0 unspecified atom stereocenters. The third-order valence-electron chi connectivity index (χ3n) is 1.61. The Hall–Kier alpha value is -0.950. The monoisotopic (exact) mass is 256 g/mol. The molecule has 0 bridgehead atoms. The van der Waals surface area contributed by atoms with Crippen LogP contribution in [-0.2, 0) is 9.05 Å². The summed E-state index contributed by atoms with van der Waals surface area (Å²) in [6, 6.07) is 1.17. The van der Waals surface area contributed by atoms with E-state index in [-0.39, 0.29) is 11.4 Å². The molecule has 4 nitrogen and oxygen atoms in total. The maximum absolute atomic E-state index is 12.5. The van der Waals surface area contributed by atoms with Crippen LogP contribution in [0.5, 0.6) is 0 Å². The van der Waals surface area contributed by atoms with Crippen LogP contribution in [0.25, 0.3) is 0 Å². The average molecular weight is 257 g/mol. The number of aryl methyl sites for hydroxylation is 1. The number of alkyl halides is 2. The van der Waals surface area contributed by atoms with Crippen LogP contribution in [-0.4, -0.2) is 13.4 Å². The number of nitrogens with two attached hydrogens (primary N) is 1. The summed E-state index contributed by atoms with van der Waals surface area (Å²) in [5, 5.41) is 0. The van der Waals surface area contributed by atoms with Crippen LogP contribution in [0.2, 0.25) is 0 Å². The van der Waals surface area contributed by atoms with E-state index in [9.17, 15) is 17.2 Å². The van der Waals surface area contributed by atoms with Gasteiger partial charge in [0.15, 0.2) is 0 Å². The molecule has 0 radical (unpaired) electrons. The van der Waals surface area contributed by atoms with Gasteiger partial charge in [-0.2, -0.15) is 0 Å². The Morgan fingerprint density at radius 2 is 2.07 bits per heavy atom. The van der Waals surface area contributed by atoms with Gasteiger partial charge in [-0.05, 0) is 13.0 Å². The van der Waals surface area contributed by atoms with E-state index in [1.165, 1.54) is 13.0 Å². The molecule has 0 aliphatic carbocycles. The summed E-state index contributed by atoms with van der Waals surface area (Å²) < 4.78 is 47.0. The first-order chi connectivity index (χ1) is 6.73. The average Bonchev–Trinajstić information content (AvgIpc) is 1.99. The van der Waals surface area contributed by atoms with E-state index in [1.807, 2.05) is 0 Å². The number of hydrogen-bond acceptors (Lipinski definition) is 4. The van der Waals surface area contributed by atoms with Gasteiger partial charge in [0.05, 0.1) is 5.69 Å². The van der Waals surface area contributed by atoms with E-state index in [0.29, 0.717) is 0 Å². The van der Waals surface area contributed by atoms with Crippen molar-refractivity contribution in [3.8, 4) is 0 Å². The van der Waals surface area contributed by atoms with Crippen LogP contribution in [0.15, 0.2) is 11.0 Å². The molecule has 8 heteroatoms.